The summed E-state index contributed by atoms with van der Waals surface area (Å²) in [6.07, 6.45) is 5.68. The molecule has 8 atom stereocenters. The molecule has 4 heterocycles. The SMILES string of the molecule is COC[C@@H]1NC(=O)CC/C=C\[C@@H]2O[C@@]34C=CCN(c5ccc6ccccc6c5)C(=O)[C@@H]3N([C@H](C)CO)C(=O)[C@H]4[C@@H]2C(=O)O[C@H]1c1ccccc1. The molecule has 2 N–H and O–H groups in total. The minimum atomic E-state index is -1.54. The van der Waals surface area contributed by atoms with E-state index in [0.29, 0.717) is 17.7 Å². The molecule has 11 heteroatoms. The first-order chi connectivity index (χ1) is 24.3. The highest BCUT2D eigenvalue weighted by atomic mass is 16.6. The van der Waals surface area contributed by atoms with E-state index in [9.17, 15) is 24.3 Å². The van der Waals surface area contributed by atoms with E-state index in [0.717, 1.165) is 10.8 Å². The molecule has 7 rings (SSSR count). The number of nitrogens with one attached hydrogen (secondary N) is 1. The topological polar surface area (TPSA) is 135 Å². The summed E-state index contributed by atoms with van der Waals surface area (Å²) in [5.41, 5.74) is -0.244. The van der Waals surface area contributed by atoms with E-state index in [1.807, 2.05) is 66.7 Å². The minimum absolute atomic E-state index is 0.0665. The van der Waals surface area contributed by atoms with Crippen LogP contribution in [0.2, 0.25) is 0 Å². The summed E-state index contributed by atoms with van der Waals surface area (Å²) in [6, 6.07) is 20.0. The van der Waals surface area contributed by atoms with E-state index in [1.54, 1.807) is 42.2 Å². The quantitative estimate of drug-likeness (QED) is 0.299. The van der Waals surface area contributed by atoms with Crippen molar-refractivity contribution < 1.29 is 38.5 Å². The van der Waals surface area contributed by atoms with Crippen LogP contribution in [0.3, 0.4) is 0 Å². The number of ether oxygens (including phenoxy) is 3. The Morgan fingerprint density at radius 3 is 2.50 bits per heavy atom. The lowest BCUT2D eigenvalue weighted by Gasteiger charge is -2.37. The molecule has 4 aliphatic heterocycles. The zero-order chi connectivity index (χ0) is 35.0. The largest absolute Gasteiger partial charge is 0.455 e. The maximum absolute atomic E-state index is 14.8. The normalized spacial score (nSPS) is 31.1. The van der Waals surface area contributed by atoms with Crippen molar-refractivity contribution >= 4 is 40.2 Å². The highest BCUT2D eigenvalue weighted by molar-refractivity contribution is 6.06. The van der Waals surface area contributed by atoms with Crippen LogP contribution >= 0.6 is 0 Å². The maximum atomic E-state index is 14.8. The summed E-state index contributed by atoms with van der Waals surface area (Å²) in [7, 11) is 1.50. The minimum Gasteiger partial charge on any atom is -0.455 e. The smallest absolute Gasteiger partial charge is 0.313 e. The number of allylic oxidation sites excluding steroid dienone is 1. The number of hydrogen-bond donors (Lipinski definition) is 2. The Bertz CT molecular complexity index is 1850. The number of carbonyl (C=O) groups excluding carboxylic acids is 4. The number of anilines is 1. The number of likely N-dealkylation sites (tertiary alicyclic amines) is 1. The maximum Gasteiger partial charge on any atom is 0.313 e. The molecule has 2 saturated heterocycles. The van der Waals surface area contributed by atoms with Gasteiger partial charge in [-0.15, -0.1) is 0 Å². The van der Waals surface area contributed by atoms with E-state index in [4.69, 9.17) is 14.2 Å². The molecule has 1 spiro atoms. The van der Waals surface area contributed by atoms with Crippen molar-refractivity contribution in [3.8, 4) is 0 Å². The summed E-state index contributed by atoms with van der Waals surface area (Å²) >= 11 is 0. The standard InChI is InChI=1S/C39H41N3O8/c1-24(22-43)42-35-37(46)41(28-18-17-25-11-6-7-14-27(25)21-28)20-10-19-39(35)33(36(42)45)32-30(50-39)15-8-9-16-31(44)40-29(23-48-2)34(49-38(32)47)26-12-4-3-5-13-26/h3-8,10-15,17-19,21,24,29-30,32-35,43H,9,16,20,22-23H2,1-2H3,(H,40,44)/b15-8-/t24-,29+,30+,32-,33-,34+,35+,39-/m1/s1. The first kappa shape index (κ1) is 33.6. The second-order valence-corrected chi connectivity index (χ2v) is 13.4. The first-order valence-corrected chi connectivity index (χ1v) is 17.1. The number of fused-ring (bicyclic) bond motifs is 3. The predicted octanol–water partition coefficient (Wildman–Crippen LogP) is 3.47. The predicted molar refractivity (Wildman–Crippen MR) is 185 cm³/mol. The van der Waals surface area contributed by atoms with Gasteiger partial charge < -0.3 is 34.4 Å². The number of rotatable bonds is 6. The summed E-state index contributed by atoms with van der Waals surface area (Å²) < 4.78 is 18.6. The van der Waals surface area contributed by atoms with Gasteiger partial charge >= 0.3 is 5.97 Å². The highest BCUT2D eigenvalue weighted by Gasteiger charge is 2.72. The van der Waals surface area contributed by atoms with Crippen molar-refractivity contribution in [1.82, 2.24) is 10.2 Å². The molecule has 4 aliphatic rings. The molecule has 3 aromatic rings. The molecule has 0 radical (unpaired) electrons. The molecule has 3 aromatic carbocycles. The first-order valence-electron chi connectivity index (χ1n) is 17.1. The molecule has 260 valence electrons. The average Bonchev–Trinajstić information content (AvgIpc) is 3.52. The van der Waals surface area contributed by atoms with Crippen molar-refractivity contribution in [2.24, 2.45) is 11.8 Å². The zero-order valence-electron chi connectivity index (χ0n) is 28.0. The highest BCUT2D eigenvalue weighted by Crippen LogP contribution is 2.54. The summed E-state index contributed by atoms with van der Waals surface area (Å²) in [6.45, 7) is 1.55. The summed E-state index contributed by atoms with van der Waals surface area (Å²) in [4.78, 5) is 60.1. The molecule has 50 heavy (non-hydrogen) atoms. The number of cyclic esters (lactones) is 1. The van der Waals surface area contributed by atoms with Gasteiger partial charge in [0.25, 0.3) is 5.91 Å². The third kappa shape index (κ3) is 5.78. The average molecular weight is 680 g/mol. The Morgan fingerprint density at radius 2 is 1.74 bits per heavy atom. The van der Waals surface area contributed by atoms with Gasteiger partial charge in [-0.25, -0.2) is 0 Å². The molecule has 0 saturated carbocycles. The number of aliphatic hydroxyl groups excluding tert-OH is 1. The van der Waals surface area contributed by atoms with Crippen molar-refractivity contribution in [3.05, 3.63) is 103 Å². The monoisotopic (exact) mass is 679 g/mol. The van der Waals surface area contributed by atoms with Crippen LogP contribution < -0.4 is 10.2 Å². The number of amides is 3. The van der Waals surface area contributed by atoms with Gasteiger partial charge in [-0.05, 0) is 41.8 Å². The van der Waals surface area contributed by atoms with Crippen LogP contribution in [-0.2, 0) is 33.4 Å². The fourth-order valence-corrected chi connectivity index (χ4v) is 7.97. The van der Waals surface area contributed by atoms with E-state index in [1.165, 1.54) is 12.0 Å². The van der Waals surface area contributed by atoms with Crippen molar-refractivity contribution in [2.45, 2.75) is 55.7 Å². The number of methoxy groups -OCH3 is 1. The van der Waals surface area contributed by atoms with Gasteiger partial charge in [-0.3, -0.25) is 19.2 Å². The van der Waals surface area contributed by atoms with E-state index >= 15 is 0 Å². The molecule has 0 unspecified atom stereocenters. The number of hydrogen-bond acceptors (Lipinski definition) is 8. The van der Waals surface area contributed by atoms with Crippen LogP contribution in [0.4, 0.5) is 5.69 Å². The molecular formula is C39H41N3O8. The lowest BCUT2D eigenvalue weighted by molar-refractivity contribution is -0.162. The summed E-state index contributed by atoms with van der Waals surface area (Å²) in [5, 5.41) is 15.3. The Hall–Kier alpha value is -4.84. The molecule has 3 amide bonds. The Morgan fingerprint density at radius 1 is 0.980 bits per heavy atom. The number of aliphatic hydroxyl groups is 1. The van der Waals surface area contributed by atoms with Gasteiger partial charge in [0.15, 0.2) is 0 Å². The lowest BCUT2D eigenvalue weighted by atomic mass is 9.77. The third-order valence-corrected chi connectivity index (χ3v) is 10.3. The van der Waals surface area contributed by atoms with Crippen LogP contribution in [0.5, 0.6) is 0 Å². The van der Waals surface area contributed by atoms with Crippen LogP contribution in [0, 0.1) is 11.8 Å². The van der Waals surface area contributed by atoms with E-state index < -0.39 is 66.3 Å². The summed E-state index contributed by atoms with van der Waals surface area (Å²) in [5.74, 6) is -4.05. The van der Waals surface area contributed by atoms with Gasteiger partial charge in [0.05, 0.1) is 37.3 Å². The van der Waals surface area contributed by atoms with Crippen molar-refractivity contribution in [3.63, 3.8) is 0 Å². The third-order valence-electron chi connectivity index (χ3n) is 10.3. The fraction of sp³-hybridized carbons (Fsp3) is 0.385. The van der Waals surface area contributed by atoms with Crippen molar-refractivity contribution in [2.75, 3.05) is 31.8 Å². The van der Waals surface area contributed by atoms with Gasteiger partial charge in [-0.2, -0.15) is 0 Å². The second-order valence-electron chi connectivity index (χ2n) is 13.4. The molecule has 0 aliphatic carbocycles. The van der Waals surface area contributed by atoms with Crippen LogP contribution in [0.15, 0.2) is 97.1 Å². The molecule has 2 fully saturated rings. The Labute approximate surface area is 290 Å². The van der Waals surface area contributed by atoms with Gasteiger partial charge in [0.1, 0.15) is 23.7 Å². The van der Waals surface area contributed by atoms with Crippen LogP contribution in [-0.4, -0.2) is 90.4 Å². The second kappa shape index (κ2) is 13.8. The van der Waals surface area contributed by atoms with Crippen molar-refractivity contribution in [1.29, 1.82) is 0 Å². The Balaban J connectivity index is 1.32. The van der Waals surface area contributed by atoms with E-state index in [2.05, 4.69) is 5.32 Å². The number of carbonyl (C=O) groups is 4. The molecule has 11 nitrogen and oxygen atoms in total. The van der Waals surface area contributed by atoms with Gasteiger partial charge in [0, 0.05) is 25.8 Å². The molecule has 0 aromatic heterocycles. The number of esters is 1. The molecular weight excluding hydrogens is 638 g/mol. The molecule has 0 bridgehead atoms. The number of nitrogens with zero attached hydrogens (tertiary/aromatic N) is 2. The Kier molecular flexibility index (Phi) is 9.30. The lowest BCUT2D eigenvalue weighted by Crippen LogP contribution is -2.57. The zero-order valence-corrected chi connectivity index (χ0v) is 28.0. The van der Waals surface area contributed by atoms with E-state index in [-0.39, 0.29) is 31.4 Å². The number of benzene rings is 3. The fourth-order valence-electron chi connectivity index (χ4n) is 7.97. The van der Waals surface area contributed by atoms with Gasteiger partial charge in [-0.1, -0.05) is 85.0 Å². The van der Waals surface area contributed by atoms with Crippen LogP contribution in [0.25, 0.3) is 10.8 Å². The van der Waals surface area contributed by atoms with Crippen LogP contribution in [0.1, 0.15) is 31.4 Å². The van der Waals surface area contributed by atoms with Gasteiger partial charge in [0.2, 0.25) is 11.8 Å².